The SMILES string of the molecule is COc1ccc(Cl)cc1/C=C1/NC(=O)N(c2ccccc2)C1=O. The number of ether oxygens (including phenoxy) is 1. The zero-order valence-electron chi connectivity index (χ0n) is 12.2. The van der Waals surface area contributed by atoms with Gasteiger partial charge in [-0.15, -0.1) is 0 Å². The topological polar surface area (TPSA) is 58.6 Å². The predicted molar refractivity (Wildman–Crippen MR) is 88.4 cm³/mol. The van der Waals surface area contributed by atoms with Crippen molar-refractivity contribution in [3.05, 3.63) is 64.8 Å². The molecule has 1 aliphatic rings. The van der Waals surface area contributed by atoms with Crippen molar-refractivity contribution in [1.82, 2.24) is 5.32 Å². The summed E-state index contributed by atoms with van der Waals surface area (Å²) < 4.78 is 5.24. The van der Waals surface area contributed by atoms with Crippen LogP contribution in [0.4, 0.5) is 10.5 Å². The third kappa shape index (κ3) is 2.91. The van der Waals surface area contributed by atoms with Gasteiger partial charge in [-0.3, -0.25) is 4.79 Å². The van der Waals surface area contributed by atoms with Crippen molar-refractivity contribution in [2.45, 2.75) is 0 Å². The number of methoxy groups -OCH3 is 1. The van der Waals surface area contributed by atoms with E-state index in [1.807, 2.05) is 6.07 Å². The van der Waals surface area contributed by atoms with Gasteiger partial charge in [-0.05, 0) is 36.4 Å². The van der Waals surface area contributed by atoms with Gasteiger partial charge in [0.15, 0.2) is 0 Å². The lowest BCUT2D eigenvalue weighted by Crippen LogP contribution is -2.30. The molecule has 2 aromatic rings. The lowest BCUT2D eigenvalue weighted by molar-refractivity contribution is -0.113. The highest BCUT2D eigenvalue weighted by Gasteiger charge is 2.34. The maximum atomic E-state index is 12.5. The molecular weight excluding hydrogens is 316 g/mol. The van der Waals surface area contributed by atoms with Crippen molar-refractivity contribution < 1.29 is 14.3 Å². The number of urea groups is 1. The van der Waals surface area contributed by atoms with Crippen LogP contribution in [0.15, 0.2) is 54.2 Å². The molecule has 0 spiro atoms. The molecule has 23 heavy (non-hydrogen) atoms. The number of nitrogens with one attached hydrogen (secondary N) is 1. The quantitative estimate of drug-likeness (QED) is 0.693. The Labute approximate surface area is 138 Å². The number of rotatable bonds is 3. The molecule has 6 heteroatoms. The van der Waals surface area contributed by atoms with Crippen molar-refractivity contribution >= 4 is 35.3 Å². The molecule has 3 amide bonds. The van der Waals surface area contributed by atoms with E-state index < -0.39 is 11.9 Å². The minimum absolute atomic E-state index is 0.166. The van der Waals surface area contributed by atoms with Gasteiger partial charge in [0.25, 0.3) is 5.91 Å². The van der Waals surface area contributed by atoms with Crippen LogP contribution in [0.5, 0.6) is 5.75 Å². The fraction of sp³-hybridized carbons (Fsp3) is 0.0588. The number of carbonyl (C=O) groups is 2. The molecule has 0 aliphatic carbocycles. The average Bonchev–Trinajstić information content (AvgIpc) is 2.82. The summed E-state index contributed by atoms with van der Waals surface area (Å²) in [6.07, 6.45) is 1.55. The van der Waals surface area contributed by atoms with Gasteiger partial charge in [0.1, 0.15) is 11.4 Å². The number of benzene rings is 2. The van der Waals surface area contributed by atoms with Gasteiger partial charge >= 0.3 is 6.03 Å². The molecule has 1 saturated heterocycles. The van der Waals surface area contributed by atoms with Gasteiger partial charge < -0.3 is 10.1 Å². The molecular formula is C17H13ClN2O3. The first-order chi connectivity index (χ1) is 11.1. The maximum Gasteiger partial charge on any atom is 0.333 e. The molecule has 2 aromatic carbocycles. The van der Waals surface area contributed by atoms with Crippen molar-refractivity contribution in [3.63, 3.8) is 0 Å². The molecule has 1 heterocycles. The monoisotopic (exact) mass is 328 g/mol. The Morgan fingerprint density at radius 1 is 1.13 bits per heavy atom. The Morgan fingerprint density at radius 3 is 2.57 bits per heavy atom. The summed E-state index contributed by atoms with van der Waals surface area (Å²) >= 11 is 5.98. The first-order valence-corrected chi connectivity index (χ1v) is 7.23. The van der Waals surface area contributed by atoms with Gasteiger partial charge in [-0.2, -0.15) is 0 Å². The molecule has 0 atom stereocenters. The van der Waals surface area contributed by atoms with Crippen molar-refractivity contribution in [3.8, 4) is 5.75 Å². The van der Waals surface area contributed by atoms with E-state index in [1.165, 1.54) is 7.11 Å². The largest absolute Gasteiger partial charge is 0.496 e. The Kier molecular flexibility index (Phi) is 4.04. The van der Waals surface area contributed by atoms with Gasteiger partial charge in [-0.25, -0.2) is 9.69 Å². The third-order valence-electron chi connectivity index (χ3n) is 3.38. The number of anilines is 1. The zero-order valence-corrected chi connectivity index (χ0v) is 13.0. The summed E-state index contributed by atoms with van der Waals surface area (Å²) in [6, 6.07) is 13.3. The Bertz CT molecular complexity index is 803. The molecule has 116 valence electrons. The number of amides is 3. The molecule has 3 rings (SSSR count). The Morgan fingerprint density at radius 2 is 1.87 bits per heavy atom. The molecule has 1 N–H and O–H groups in total. The number of imide groups is 1. The molecule has 1 aliphatic heterocycles. The van der Waals surface area contributed by atoms with E-state index in [-0.39, 0.29) is 5.70 Å². The minimum Gasteiger partial charge on any atom is -0.496 e. The van der Waals surface area contributed by atoms with E-state index in [0.29, 0.717) is 22.0 Å². The van der Waals surface area contributed by atoms with Crippen LogP contribution < -0.4 is 15.0 Å². The number of nitrogens with zero attached hydrogens (tertiary/aromatic N) is 1. The first-order valence-electron chi connectivity index (χ1n) is 6.86. The maximum absolute atomic E-state index is 12.5. The van der Waals surface area contributed by atoms with Gasteiger partial charge in [0.2, 0.25) is 0 Å². The van der Waals surface area contributed by atoms with E-state index in [4.69, 9.17) is 16.3 Å². The zero-order chi connectivity index (χ0) is 16.4. The first kappa shape index (κ1) is 15.1. The summed E-state index contributed by atoms with van der Waals surface area (Å²) in [5.74, 6) is 0.130. The number of halogens is 1. The van der Waals surface area contributed by atoms with Crippen LogP contribution in [0.3, 0.4) is 0 Å². The second kappa shape index (κ2) is 6.14. The Hall–Kier alpha value is -2.79. The molecule has 0 radical (unpaired) electrons. The molecule has 5 nitrogen and oxygen atoms in total. The summed E-state index contributed by atoms with van der Waals surface area (Å²) in [5.41, 5.74) is 1.29. The second-order valence-corrected chi connectivity index (χ2v) is 5.29. The number of para-hydroxylation sites is 1. The smallest absolute Gasteiger partial charge is 0.333 e. The molecule has 0 unspecified atom stereocenters. The average molecular weight is 329 g/mol. The highest BCUT2D eigenvalue weighted by Crippen LogP contribution is 2.27. The number of hydrogen-bond acceptors (Lipinski definition) is 3. The van der Waals surface area contributed by atoms with Crippen LogP contribution in [-0.2, 0) is 4.79 Å². The van der Waals surface area contributed by atoms with Crippen molar-refractivity contribution in [2.24, 2.45) is 0 Å². The van der Waals surface area contributed by atoms with E-state index in [1.54, 1.807) is 48.5 Å². The van der Waals surface area contributed by atoms with Crippen molar-refractivity contribution in [2.75, 3.05) is 12.0 Å². The summed E-state index contributed by atoms with van der Waals surface area (Å²) in [6.45, 7) is 0. The lowest BCUT2D eigenvalue weighted by Gasteiger charge is -2.11. The van der Waals surface area contributed by atoms with Crippen LogP contribution in [0.25, 0.3) is 6.08 Å². The minimum atomic E-state index is -0.492. The van der Waals surface area contributed by atoms with Crippen LogP contribution in [-0.4, -0.2) is 19.0 Å². The highest BCUT2D eigenvalue weighted by molar-refractivity contribution is 6.31. The second-order valence-electron chi connectivity index (χ2n) is 4.85. The molecule has 1 fully saturated rings. The summed E-state index contributed by atoms with van der Waals surface area (Å²) in [5, 5.41) is 3.08. The van der Waals surface area contributed by atoms with Crippen LogP contribution in [0.2, 0.25) is 5.02 Å². The molecule has 0 aromatic heterocycles. The van der Waals surface area contributed by atoms with Crippen LogP contribution in [0.1, 0.15) is 5.56 Å². The summed E-state index contributed by atoms with van der Waals surface area (Å²) in [7, 11) is 1.52. The summed E-state index contributed by atoms with van der Waals surface area (Å²) in [4.78, 5) is 25.7. The van der Waals surface area contributed by atoms with Crippen molar-refractivity contribution in [1.29, 1.82) is 0 Å². The van der Waals surface area contributed by atoms with Gasteiger partial charge in [0, 0.05) is 10.6 Å². The van der Waals surface area contributed by atoms with E-state index in [9.17, 15) is 9.59 Å². The standard InChI is InChI=1S/C17H13ClN2O3/c1-23-15-8-7-12(18)9-11(15)10-14-16(21)20(17(22)19-14)13-5-3-2-4-6-13/h2-10H,1H3,(H,19,22)/b14-10+. The highest BCUT2D eigenvalue weighted by atomic mass is 35.5. The number of hydrogen-bond donors (Lipinski definition) is 1. The molecule has 0 saturated carbocycles. The Balaban J connectivity index is 1.98. The van der Waals surface area contributed by atoms with E-state index in [2.05, 4.69) is 5.32 Å². The van der Waals surface area contributed by atoms with Gasteiger partial charge in [0.05, 0.1) is 12.8 Å². The predicted octanol–water partition coefficient (Wildman–Crippen LogP) is 3.45. The lowest BCUT2D eigenvalue weighted by atomic mass is 10.1. The normalized spacial score (nSPS) is 15.9. The molecule has 0 bridgehead atoms. The van der Waals surface area contributed by atoms with E-state index >= 15 is 0 Å². The van der Waals surface area contributed by atoms with Crippen LogP contribution in [0, 0.1) is 0 Å². The van der Waals surface area contributed by atoms with Crippen LogP contribution >= 0.6 is 11.6 Å². The third-order valence-corrected chi connectivity index (χ3v) is 3.62. The fourth-order valence-electron chi connectivity index (χ4n) is 2.32. The number of carbonyl (C=O) groups excluding carboxylic acids is 2. The van der Waals surface area contributed by atoms with E-state index in [0.717, 1.165) is 4.90 Å². The fourth-order valence-corrected chi connectivity index (χ4v) is 2.50. The van der Waals surface area contributed by atoms with Gasteiger partial charge in [-0.1, -0.05) is 29.8 Å².